The lowest BCUT2D eigenvalue weighted by Gasteiger charge is -2.35. The lowest BCUT2D eigenvalue weighted by Crippen LogP contribution is -2.53. The maximum absolute atomic E-state index is 12.9. The molecule has 0 bridgehead atoms. The number of hydrogen-bond donors (Lipinski definition) is 2. The van der Waals surface area contributed by atoms with Crippen molar-refractivity contribution in [1.82, 2.24) is 20.0 Å². The summed E-state index contributed by atoms with van der Waals surface area (Å²) in [6.45, 7) is 4.81. The predicted molar refractivity (Wildman–Crippen MR) is 112 cm³/mol. The standard InChI is InChI=1S/C21H27N5O5/c1-14(2)22-21(31)23-16-5-3-4-15(12-16)20(30)25-10-8-24(9-11-25)19(29)13-26-17(27)6-7-18(26)28/h3-5,12,14H,6-11,13H2,1-2H3,(H2,22,23,31). The fraction of sp³-hybridized carbons (Fsp3) is 0.476. The number of anilines is 1. The molecule has 0 radical (unpaired) electrons. The number of nitrogens with one attached hydrogen (secondary N) is 2. The quantitative estimate of drug-likeness (QED) is 0.666. The number of benzene rings is 1. The molecular formula is C21H27N5O5. The first kappa shape index (κ1) is 22.3. The van der Waals surface area contributed by atoms with Crippen molar-refractivity contribution in [3.05, 3.63) is 29.8 Å². The second-order valence-electron chi connectivity index (χ2n) is 7.88. The topological polar surface area (TPSA) is 119 Å². The molecule has 0 atom stereocenters. The van der Waals surface area contributed by atoms with Crippen LogP contribution < -0.4 is 10.6 Å². The maximum atomic E-state index is 12.9. The van der Waals surface area contributed by atoms with Crippen LogP contribution in [0.25, 0.3) is 0 Å². The van der Waals surface area contributed by atoms with Gasteiger partial charge in [-0.1, -0.05) is 6.07 Å². The van der Waals surface area contributed by atoms with Gasteiger partial charge in [0.2, 0.25) is 17.7 Å². The van der Waals surface area contributed by atoms with Crippen LogP contribution in [0.3, 0.4) is 0 Å². The van der Waals surface area contributed by atoms with Crippen molar-refractivity contribution >= 4 is 35.3 Å². The van der Waals surface area contributed by atoms with Gasteiger partial charge in [0.25, 0.3) is 5.91 Å². The Morgan fingerprint density at radius 2 is 1.58 bits per heavy atom. The highest BCUT2D eigenvalue weighted by Gasteiger charge is 2.33. The van der Waals surface area contributed by atoms with E-state index in [9.17, 15) is 24.0 Å². The average Bonchev–Trinajstić information content (AvgIpc) is 3.05. The Balaban J connectivity index is 1.53. The van der Waals surface area contributed by atoms with Crippen LogP contribution in [0.5, 0.6) is 0 Å². The number of likely N-dealkylation sites (tertiary alicyclic amines) is 1. The third-order valence-electron chi connectivity index (χ3n) is 5.15. The van der Waals surface area contributed by atoms with Crippen molar-refractivity contribution in [2.45, 2.75) is 32.7 Å². The number of amides is 6. The first-order valence-corrected chi connectivity index (χ1v) is 10.3. The second kappa shape index (κ2) is 9.59. The molecule has 0 saturated carbocycles. The Morgan fingerprint density at radius 1 is 0.968 bits per heavy atom. The van der Waals surface area contributed by atoms with E-state index in [0.29, 0.717) is 37.4 Å². The molecule has 166 valence electrons. The van der Waals surface area contributed by atoms with Crippen molar-refractivity contribution in [2.24, 2.45) is 0 Å². The van der Waals surface area contributed by atoms with Gasteiger partial charge in [0, 0.05) is 56.3 Å². The summed E-state index contributed by atoms with van der Waals surface area (Å²) in [6.07, 6.45) is 0.308. The minimum atomic E-state index is -0.346. The number of carbonyl (C=O) groups excluding carboxylic acids is 5. The van der Waals surface area contributed by atoms with E-state index in [1.165, 1.54) is 0 Å². The molecule has 31 heavy (non-hydrogen) atoms. The van der Waals surface area contributed by atoms with Crippen LogP contribution >= 0.6 is 0 Å². The van der Waals surface area contributed by atoms with Gasteiger partial charge in [-0.2, -0.15) is 0 Å². The minimum absolute atomic E-state index is 0.00877. The molecule has 2 heterocycles. The van der Waals surface area contributed by atoms with Gasteiger partial charge in [-0.15, -0.1) is 0 Å². The van der Waals surface area contributed by atoms with Crippen LogP contribution in [0.2, 0.25) is 0 Å². The van der Waals surface area contributed by atoms with Gasteiger partial charge in [-0.25, -0.2) is 4.79 Å². The SMILES string of the molecule is CC(C)NC(=O)Nc1cccc(C(=O)N2CCN(C(=O)CN3C(=O)CCC3=O)CC2)c1. The number of carbonyl (C=O) groups is 5. The van der Waals surface area contributed by atoms with E-state index in [2.05, 4.69) is 10.6 Å². The molecular weight excluding hydrogens is 402 g/mol. The summed E-state index contributed by atoms with van der Waals surface area (Å²) in [5.41, 5.74) is 0.952. The molecule has 1 aromatic rings. The smallest absolute Gasteiger partial charge is 0.319 e. The van der Waals surface area contributed by atoms with Crippen molar-refractivity contribution in [3.8, 4) is 0 Å². The van der Waals surface area contributed by atoms with Crippen LogP contribution in [0, 0.1) is 0 Å². The molecule has 2 aliphatic heterocycles. The Labute approximate surface area is 180 Å². The van der Waals surface area contributed by atoms with Crippen LogP contribution in [0.15, 0.2) is 24.3 Å². The molecule has 3 rings (SSSR count). The number of nitrogens with zero attached hydrogens (tertiary/aromatic N) is 3. The normalized spacial score (nSPS) is 16.7. The monoisotopic (exact) mass is 429 g/mol. The highest BCUT2D eigenvalue weighted by molar-refractivity contribution is 6.04. The lowest BCUT2D eigenvalue weighted by molar-refractivity contribution is -0.146. The van der Waals surface area contributed by atoms with E-state index < -0.39 is 0 Å². The van der Waals surface area contributed by atoms with Crippen LogP contribution in [-0.4, -0.2) is 83.1 Å². The minimum Gasteiger partial charge on any atom is -0.338 e. The van der Waals surface area contributed by atoms with E-state index in [4.69, 9.17) is 0 Å². The van der Waals surface area contributed by atoms with E-state index in [1.54, 1.807) is 34.1 Å². The van der Waals surface area contributed by atoms with E-state index in [-0.39, 0.29) is 55.1 Å². The molecule has 2 saturated heterocycles. The number of piperazine rings is 1. The van der Waals surface area contributed by atoms with E-state index >= 15 is 0 Å². The molecule has 2 N–H and O–H groups in total. The largest absolute Gasteiger partial charge is 0.338 e. The molecule has 10 nitrogen and oxygen atoms in total. The molecule has 0 aliphatic carbocycles. The molecule has 0 aromatic heterocycles. The highest BCUT2D eigenvalue weighted by atomic mass is 16.2. The third kappa shape index (κ3) is 5.59. The van der Waals surface area contributed by atoms with Crippen LogP contribution in [-0.2, 0) is 14.4 Å². The average molecular weight is 429 g/mol. The fourth-order valence-electron chi connectivity index (χ4n) is 3.54. The van der Waals surface area contributed by atoms with E-state index in [1.807, 2.05) is 13.8 Å². The zero-order chi connectivity index (χ0) is 22.5. The Hall–Kier alpha value is -3.43. The van der Waals surface area contributed by atoms with Gasteiger partial charge in [0.1, 0.15) is 6.54 Å². The van der Waals surface area contributed by atoms with Gasteiger partial charge in [-0.3, -0.25) is 24.1 Å². The summed E-state index contributed by atoms with van der Waals surface area (Å²) in [4.78, 5) is 64.8. The van der Waals surface area contributed by atoms with Crippen LogP contribution in [0.4, 0.5) is 10.5 Å². The highest BCUT2D eigenvalue weighted by Crippen LogP contribution is 2.16. The van der Waals surface area contributed by atoms with Crippen LogP contribution in [0.1, 0.15) is 37.0 Å². The zero-order valence-electron chi connectivity index (χ0n) is 17.7. The molecule has 2 fully saturated rings. The fourth-order valence-corrected chi connectivity index (χ4v) is 3.54. The first-order chi connectivity index (χ1) is 14.7. The van der Waals surface area contributed by atoms with Crippen molar-refractivity contribution in [2.75, 3.05) is 38.0 Å². The maximum Gasteiger partial charge on any atom is 0.319 e. The molecule has 0 unspecified atom stereocenters. The van der Waals surface area contributed by atoms with Gasteiger partial charge >= 0.3 is 6.03 Å². The second-order valence-corrected chi connectivity index (χ2v) is 7.88. The summed E-state index contributed by atoms with van der Waals surface area (Å²) in [5.74, 6) is -1.12. The molecule has 10 heteroatoms. The summed E-state index contributed by atoms with van der Waals surface area (Å²) < 4.78 is 0. The Kier molecular flexibility index (Phi) is 6.88. The molecule has 6 amide bonds. The zero-order valence-corrected chi connectivity index (χ0v) is 17.7. The number of urea groups is 1. The number of imide groups is 1. The molecule has 2 aliphatic rings. The number of hydrogen-bond acceptors (Lipinski definition) is 5. The summed E-state index contributed by atoms with van der Waals surface area (Å²) in [6, 6.07) is 6.34. The first-order valence-electron chi connectivity index (χ1n) is 10.3. The van der Waals surface area contributed by atoms with Gasteiger partial charge in [-0.05, 0) is 32.0 Å². The van der Waals surface area contributed by atoms with Crippen molar-refractivity contribution < 1.29 is 24.0 Å². The molecule has 1 aromatic carbocycles. The summed E-state index contributed by atoms with van der Waals surface area (Å²) >= 11 is 0. The van der Waals surface area contributed by atoms with Gasteiger partial charge in [0.15, 0.2) is 0 Å². The summed E-state index contributed by atoms with van der Waals surface area (Å²) in [7, 11) is 0. The van der Waals surface area contributed by atoms with Crippen molar-refractivity contribution in [3.63, 3.8) is 0 Å². The predicted octanol–water partition coefficient (Wildman–Crippen LogP) is 0.650. The van der Waals surface area contributed by atoms with Gasteiger partial charge < -0.3 is 20.4 Å². The van der Waals surface area contributed by atoms with Gasteiger partial charge in [0.05, 0.1) is 0 Å². The lowest BCUT2D eigenvalue weighted by atomic mass is 10.1. The summed E-state index contributed by atoms with van der Waals surface area (Å²) in [5, 5.41) is 5.42. The van der Waals surface area contributed by atoms with Crippen molar-refractivity contribution in [1.29, 1.82) is 0 Å². The Morgan fingerprint density at radius 3 is 2.19 bits per heavy atom. The number of rotatable bonds is 5. The Bertz CT molecular complexity index is 876. The third-order valence-corrected chi connectivity index (χ3v) is 5.15. The van der Waals surface area contributed by atoms with E-state index in [0.717, 1.165) is 4.90 Å². The molecule has 0 spiro atoms.